The quantitative estimate of drug-likeness (QED) is 0.418. The zero-order chi connectivity index (χ0) is 16.5. The first-order valence-corrected chi connectivity index (χ1v) is 9.66. The molecule has 0 heterocycles. The van der Waals surface area contributed by atoms with Gasteiger partial charge in [0.15, 0.2) is 0 Å². The molecule has 132 valence electrons. The minimum atomic E-state index is -0.0815. The van der Waals surface area contributed by atoms with Crippen LogP contribution in [0, 0.1) is 10.8 Å². The molecule has 1 aliphatic carbocycles. The van der Waals surface area contributed by atoms with Gasteiger partial charge in [-0.2, -0.15) is 0 Å². The fourth-order valence-electron chi connectivity index (χ4n) is 3.30. The van der Waals surface area contributed by atoms with Crippen molar-refractivity contribution in [2.24, 2.45) is 10.8 Å². The maximum Gasteiger partial charge on any atom is 0.0540 e. The SMILES string of the molecule is CC(C)(CCO)CCCCCC(O)CCCCCC1(C)CC1. The van der Waals surface area contributed by atoms with Gasteiger partial charge >= 0.3 is 0 Å². The third-order valence-electron chi connectivity index (χ3n) is 5.60. The highest BCUT2D eigenvalue weighted by atomic mass is 16.3. The van der Waals surface area contributed by atoms with Gasteiger partial charge in [0.2, 0.25) is 0 Å². The standard InChI is InChI=1S/C20H40O2/c1-19(2,16-17-21)12-8-4-6-10-18(22)11-7-5-9-13-20(3)14-15-20/h18,21-22H,4-17H2,1-3H3. The summed E-state index contributed by atoms with van der Waals surface area (Å²) in [5.74, 6) is 0. The number of unbranched alkanes of at least 4 members (excludes halogenated alkanes) is 4. The topological polar surface area (TPSA) is 40.5 Å². The van der Waals surface area contributed by atoms with Crippen LogP contribution in [0.15, 0.2) is 0 Å². The predicted octanol–water partition coefficient (Wildman–Crippen LogP) is 5.46. The summed E-state index contributed by atoms with van der Waals surface area (Å²) in [6.07, 6.45) is 15.6. The summed E-state index contributed by atoms with van der Waals surface area (Å²) in [7, 11) is 0. The van der Waals surface area contributed by atoms with Crippen LogP contribution >= 0.6 is 0 Å². The Labute approximate surface area is 138 Å². The van der Waals surface area contributed by atoms with E-state index in [0.717, 1.165) is 25.7 Å². The van der Waals surface area contributed by atoms with E-state index in [0.29, 0.717) is 12.0 Å². The van der Waals surface area contributed by atoms with E-state index in [-0.39, 0.29) is 11.5 Å². The van der Waals surface area contributed by atoms with Gasteiger partial charge in [0, 0.05) is 6.61 Å². The first kappa shape index (κ1) is 20.0. The van der Waals surface area contributed by atoms with Crippen molar-refractivity contribution in [2.75, 3.05) is 6.61 Å². The molecular formula is C20H40O2. The van der Waals surface area contributed by atoms with Crippen molar-refractivity contribution in [2.45, 2.75) is 110 Å². The van der Waals surface area contributed by atoms with Crippen LogP contribution in [-0.2, 0) is 0 Å². The number of hydrogen-bond acceptors (Lipinski definition) is 2. The van der Waals surface area contributed by atoms with Gasteiger partial charge in [-0.25, -0.2) is 0 Å². The molecule has 1 aliphatic rings. The van der Waals surface area contributed by atoms with E-state index in [1.807, 2.05) is 0 Å². The van der Waals surface area contributed by atoms with Crippen molar-refractivity contribution >= 4 is 0 Å². The Morgan fingerprint density at radius 3 is 2.05 bits per heavy atom. The molecular weight excluding hydrogens is 272 g/mol. The van der Waals surface area contributed by atoms with Gasteiger partial charge in [-0.3, -0.25) is 0 Å². The number of aliphatic hydroxyl groups is 2. The van der Waals surface area contributed by atoms with Gasteiger partial charge in [-0.15, -0.1) is 0 Å². The molecule has 2 N–H and O–H groups in total. The number of hydrogen-bond donors (Lipinski definition) is 2. The highest BCUT2D eigenvalue weighted by molar-refractivity contribution is 4.87. The normalized spacial score (nSPS) is 18.4. The molecule has 1 atom stereocenters. The summed E-state index contributed by atoms with van der Waals surface area (Å²) in [6, 6.07) is 0. The largest absolute Gasteiger partial charge is 0.396 e. The molecule has 0 saturated heterocycles. The van der Waals surface area contributed by atoms with Gasteiger partial charge in [0.05, 0.1) is 6.10 Å². The Morgan fingerprint density at radius 2 is 1.50 bits per heavy atom. The first-order chi connectivity index (χ1) is 10.4. The minimum absolute atomic E-state index is 0.0815. The van der Waals surface area contributed by atoms with Gasteiger partial charge < -0.3 is 10.2 Å². The molecule has 0 aromatic carbocycles. The average Bonchev–Trinajstić information content (AvgIpc) is 3.16. The van der Waals surface area contributed by atoms with Gasteiger partial charge in [0.1, 0.15) is 0 Å². The Morgan fingerprint density at radius 1 is 0.909 bits per heavy atom. The molecule has 0 aliphatic heterocycles. The van der Waals surface area contributed by atoms with Crippen LogP contribution in [0.3, 0.4) is 0 Å². The molecule has 1 unspecified atom stereocenters. The summed E-state index contributed by atoms with van der Waals surface area (Å²) in [5.41, 5.74) is 0.966. The van der Waals surface area contributed by atoms with Gasteiger partial charge in [-0.05, 0) is 55.8 Å². The van der Waals surface area contributed by atoms with Crippen LogP contribution in [-0.4, -0.2) is 22.9 Å². The summed E-state index contributed by atoms with van der Waals surface area (Å²) < 4.78 is 0. The average molecular weight is 313 g/mol. The van der Waals surface area contributed by atoms with Crippen molar-refractivity contribution < 1.29 is 10.2 Å². The maximum absolute atomic E-state index is 10.0. The van der Waals surface area contributed by atoms with Crippen LogP contribution in [0.4, 0.5) is 0 Å². The molecule has 1 fully saturated rings. The molecule has 0 aromatic rings. The fraction of sp³-hybridized carbons (Fsp3) is 1.00. The zero-order valence-corrected chi connectivity index (χ0v) is 15.4. The molecule has 0 amide bonds. The lowest BCUT2D eigenvalue weighted by atomic mass is 9.84. The van der Waals surface area contributed by atoms with Gasteiger partial charge in [-0.1, -0.05) is 59.3 Å². The molecule has 2 heteroatoms. The first-order valence-electron chi connectivity index (χ1n) is 9.66. The molecule has 1 rings (SSSR count). The van der Waals surface area contributed by atoms with Crippen LogP contribution in [0.5, 0.6) is 0 Å². The van der Waals surface area contributed by atoms with E-state index < -0.39 is 0 Å². The Kier molecular flexibility index (Phi) is 9.01. The van der Waals surface area contributed by atoms with Crippen molar-refractivity contribution in [1.82, 2.24) is 0 Å². The Hall–Kier alpha value is -0.0800. The summed E-state index contributed by atoms with van der Waals surface area (Å²) >= 11 is 0. The third-order valence-corrected chi connectivity index (χ3v) is 5.60. The van der Waals surface area contributed by atoms with Crippen molar-refractivity contribution in [3.63, 3.8) is 0 Å². The van der Waals surface area contributed by atoms with E-state index in [2.05, 4.69) is 20.8 Å². The van der Waals surface area contributed by atoms with Crippen molar-refractivity contribution in [3.8, 4) is 0 Å². The lowest BCUT2D eigenvalue weighted by Gasteiger charge is -2.23. The maximum atomic E-state index is 10.0. The van der Waals surface area contributed by atoms with E-state index in [1.165, 1.54) is 57.8 Å². The van der Waals surface area contributed by atoms with Crippen LogP contribution in [0.1, 0.15) is 104 Å². The van der Waals surface area contributed by atoms with E-state index in [9.17, 15) is 5.11 Å². The summed E-state index contributed by atoms with van der Waals surface area (Å²) in [4.78, 5) is 0. The summed E-state index contributed by atoms with van der Waals surface area (Å²) in [6.45, 7) is 7.18. The Balaban J connectivity index is 1.87. The Bertz CT molecular complexity index is 281. The second kappa shape index (κ2) is 9.93. The molecule has 1 saturated carbocycles. The van der Waals surface area contributed by atoms with E-state index >= 15 is 0 Å². The summed E-state index contributed by atoms with van der Waals surface area (Å²) in [5, 5.41) is 19.0. The lowest BCUT2D eigenvalue weighted by Crippen LogP contribution is -2.13. The van der Waals surface area contributed by atoms with Crippen molar-refractivity contribution in [3.05, 3.63) is 0 Å². The van der Waals surface area contributed by atoms with Crippen LogP contribution in [0.2, 0.25) is 0 Å². The minimum Gasteiger partial charge on any atom is -0.396 e. The highest BCUT2D eigenvalue weighted by Gasteiger charge is 2.35. The molecule has 0 bridgehead atoms. The van der Waals surface area contributed by atoms with Crippen LogP contribution < -0.4 is 0 Å². The third kappa shape index (κ3) is 9.84. The molecule has 2 nitrogen and oxygen atoms in total. The molecule has 0 radical (unpaired) electrons. The zero-order valence-electron chi connectivity index (χ0n) is 15.4. The van der Waals surface area contributed by atoms with Crippen molar-refractivity contribution in [1.29, 1.82) is 0 Å². The smallest absolute Gasteiger partial charge is 0.0540 e. The van der Waals surface area contributed by atoms with Gasteiger partial charge in [0.25, 0.3) is 0 Å². The number of rotatable bonds is 14. The van der Waals surface area contributed by atoms with Crippen LogP contribution in [0.25, 0.3) is 0 Å². The molecule has 0 spiro atoms. The fourth-order valence-corrected chi connectivity index (χ4v) is 3.30. The monoisotopic (exact) mass is 312 g/mol. The van der Waals surface area contributed by atoms with E-state index in [1.54, 1.807) is 0 Å². The molecule has 0 aromatic heterocycles. The predicted molar refractivity (Wildman–Crippen MR) is 95.0 cm³/mol. The highest BCUT2D eigenvalue weighted by Crippen LogP contribution is 2.49. The second-order valence-electron chi connectivity index (χ2n) is 8.80. The molecule has 22 heavy (non-hydrogen) atoms. The lowest BCUT2D eigenvalue weighted by molar-refractivity contribution is 0.145. The second-order valence-corrected chi connectivity index (χ2v) is 8.80. The number of aliphatic hydroxyl groups excluding tert-OH is 2. The van der Waals surface area contributed by atoms with E-state index in [4.69, 9.17) is 5.11 Å².